The fraction of sp³-hybridized carbons (Fsp3) is 0.263. The lowest BCUT2D eigenvalue weighted by Crippen LogP contribution is -2.21. The highest BCUT2D eigenvalue weighted by molar-refractivity contribution is 9.10. The van der Waals surface area contributed by atoms with E-state index in [1.165, 1.54) is 0 Å². The van der Waals surface area contributed by atoms with Gasteiger partial charge in [-0.05, 0) is 48.7 Å². The molecule has 0 aromatic heterocycles. The maximum absolute atomic E-state index is 12.4. The number of nitrogens with one attached hydrogen (secondary N) is 1. The number of hydrogen-bond donors (Lipinski definition) is 1. The lowest BCUT2D eigenvalue weighted by molar-refractivity contribution is -0.128. The number of benzene rings is 2. The molecule has 0 unspecified atom stereocenters. The highest BCUT2D eigenvalue weighted by Gasteiger charge is 2.09. The monoisotopic (exact) mass is 388 g/mol. The van der Waals surface area contributed by atoms with E-state index in [1.54, 1.807) is 25.1 Å². The third-order valence-corrected chi connectivity index (χ3v) is 4.60. The van der Waals surface area contributed by atoms with Crippen LogP contribution in [0.5, 0.6) is 0 Å². The summed E-state index contributed by atoms with van der Waals surface area (Å²) in [6.45, 7) is 1.98. The van der Waals surface area contributed by atoms with E-state index in [4.69, 9.17) is 0 Å². The van der Waals surface area contributed by atoms with Gasteiger partial charge in [0.2, 0.25) is 5.91 Å². The summed E-state index contributed by atoms with van der Waals surface area (Å²) in [5.41, 5.74) is 3.43. The van der Waals surface area contributed by atoms with Crippen molar-refractivity contribution in [1.82, 2.24) is 4.90 Å². The molecule has 0 spiro atoms. The number of carbonyl (C=O) groups is 2. The molecule has 4 nitrogen and oxygen atoms in total. The smallest absolute Gasteiger partial charge is 0.255 e. The Hall–Kier alpha value is -2.14. The van der Waals surface area contributed by atoms with Crippen LogP contribution in [0.1, 0.15) is 27.9 Å². The number of rotatable bonds is 5. The van der Waals surface area contributed by atoms with Crippen molar-refractivity contribution in [2.75, 3.05) is 19.4 Å². The van der Waals surface area contributed by atoms with Crippen LogP contribution in [0.15, 0.2) is 46.9 Å². The van der Waals surface area contributed by atoms with Crippen molar-refractivity contribution in [2.45, 2.75) is 19.8 Å². The molecule has 2 aromatic rings. The fourth-order valence-electron chi connectivity index (χ4n) is 2.22. The van der Waals surface area contributed by atoms with Crippen LogP contribution in [0.4, 0.5) is 5.69 Å². The second-order valence-corrected chi connectivity index (χ2v) is 6.76. The van der Waals surface area contributed by atoms with Crippen LogP contribution in [0.25, 0.3) is 0 Å². The molecule has 0 saturated heterocycles. The van der Waals surface area contributed by atoms with E-state index in [9.17, 15) is 9.59 Å². The summed E-state index contributed by atoms with van der Waals surface area (Å²) in [7, 11) is 3.50. The Morgan fingerprint density at radius 3 is 2.54 bits per heavy atom. The fourth-order valence-corrected chi connectivity index (χ4v) is 2.60. The third-order valence-electron chi connectivity index (χ3n) is 3.75. The van der Waals surface area contributed by atoms with Crippen LogP contribution in [-0.4, -0.2) is 30.8 Å². The van der Waals surface area contributed by atoms with Crippen molar-refractivity contribution in [3.05, 3.63) is 63.6 Å². The Kier molecular flexibility index (Phi) is 6.15. The normalized spacial score (nSPS) is 10.3. The van der Waals surface area contributed by atoms with Gasteiger partial charge < -0.3 is 10.2 Å². The average Bonchev–Trinajstić information content (AvgIpc) is 2.55. The molecule has 2 amide bonds. The minimum atomic E-state index is -0.155. The molecule has 2 aromatic carbocycles. The highest BCUT2D eigenvalue weighted by atomic mass is 79.9. The van der Waals surface area contributed by atoms with E-state index < -0.39 is 0 Å². The lowest BCUT2D eigenvalue weighted by atomic mass is 10.1. The van der Waals surface area contributed by atoms with Crippen LogP contribution in [0.3, 0.4) is 0 Å². The zero-order valence-corrected chi connectivity index (χ0v) is 15.7. The number of amides is 2. The van der Waals surface area contributed by atoms with E-state index >= 15 is 0 Å². The predicted molar refractivity (Wildman–Crippen MR) is 100 cm³/mol. The molecule has 0 aliphatic rings. The summed E-state index contributed by atoms with van der Waals surface area (Å²) in [5.74, 6) is -0.0637. The van der Waals surface area contributed by atoms with E-state index in [1.807, 2.05) is 43.3 Å². The predicted octanol–water partition coefficient (Wildman–Crippen LogP) is 4.03. The molecule has 0 bridgehead atoms. The van der Waals surface area contributed by atoms with Crippen LogP contribution in [0, 0.1) is 6.92 Å². The minimum Gasteiger partial charge on any atom is -0.349 e. The molecule has 0 aliphatic carbocycles. The van der Waals surface area contributed by atoms with Crippen molar-refractivity contribution >= 4 is 33.4 Å². The Bertz CT molecular complexity index is 757. The number of halogens is 1. The second kappa shape index (κ2) is 8.11. The Labute approximate surface area is 151 Å². The van der Waals surface area contributed by atoms with E-state index in [-0.39, 0.29) is 11.8 Å². The summed E-state index contributed by atoms with van der Waals surface area (Å²) in [4.78, 5) is 25.6. The molecular weight excluding hydrogens is 368 g/mol. The van der Waals surface area contributed by atoms with Gasteiger partial charge in [0.15, 0.2) is 0 Å². The van der Waals surface area contributed by atoms with Gasteiger partial charge in [0.25, 0.3) is 5.91 Å². The molecule has 24 heavy (non-hydrogen) atoms. The lowest BCUT2D eigenvalue weighted by Gasteiger charge is -2.11. The molecule has 126 valence electrons. The number of hydrogen-bond acceptors (Lipinski definition) is 2. The maximum Gasteiger partial charge on any atom is 0.255 e. The van der Waals surface area contributed by atoms with E-state index in [2.05, 4.69) is 21.2 Å². The largest absolute Gasteiger partial charge is 0.349 e. The Morgan fingerprint density at radius 1 is 1.12 bits per heavy atom. The number of aryl methyl sites for hydroxylation is 2. The minimum absolute atomic E-state index is 0.0916. The molecule has 1 N–H and O–H groups in total. The Morgan fingerprint density at radius 2 is 1.88 bits per heavy atom. The first kappa shape index (κ1) is 18.2. The van der Waals surface area contributed by atoms with Crippen molar-refractivity contribution < 1.29 is 9.59 Å². The van der Waals surface area contributed by atoms with Gasteiger partial charge in [-0.1, -0.05) is 34.1 Å². The van der Waals surface area contributed by atoms with Gasteiger partial charge in [0.05, 0.1) is 0 Å². The van der Waals surface area contributed by atoms with Crippen molar-refractivity contribution in [1.29, 1.82) is 0 Å². The zero-order chi connectivity index (χ0) is 17.7. The summed E-state index contributed by atoms with van der Waals surface area (Å²) < 4.78 is 0.908. The molecule has 0 heterocycles. The number of nitrogens with zero attached hydrogens (tertiary/aromatic N) is 1. The molecule has 0 fully saturated rings. The first-order valence-corrected chi connectivity index (χ1v) is 8.52. The number of anilines is 1. The highest BCUT2D eigenvalue weighted by Crippen LogP contribution is 2.19. The molecule has 0 radical (unpaired) electrons. The zero-order valence-electron chi connectivity index (χ0n) is 14.1. The van der Waals surface area contributed by atoms with Gasteiger partial charge in [-0.15, -0.1) is 0 Å². The van der Waals surface area contributed by atoms with Gasteiger partial charge >= 0.3 is 0 Å². The summed E-state index contributed by atoms with van der Waals surface area (Å²) >= 11 is 3.44. The van der Waals surface area contributed by atoms with Gasteiger partial charge in [-0.3, -0.25) is 9.59 Å². The van der Waals surface area contributed by atoms with Crippen LogP contribution in [0.2, 0.25) is 0 Å². The molecule has 0 saturated carbocycles. The van der Waals surface area contributed by atoms with E-state index in [0.717, 1.165) is 21.3 Å². The van der Waals surface area contributed by atoms with Crippen LogP contribution in [-0.2, 0) is 11.2 Å². The van der Waals surface area contributed by atoms with Crippen LogP contribution >= 0.6 is 15.9 Å². The van der Waals surface area contributed by atoms with Crippen molar-refractivity contribution in [2.24, 2.45) is 0 Å². The standard InChI is InChI=1S/C19H21BrN2O2/c1-13-7-9-15(12-17(13)20)19(24)21-16-6-4-5-14(11-16)8-10-18(23)22(2)3/h4-7,9,11-12H,8,10H2,1-3H3,(H,21,24). The van der Waals surface area contributed by atoms with Gasteiger partial charge in [0.1, 0.15) is 0 Å². The van der Waals surface area contributed by atoms with E-state index in [0.29, 0.717) is 18.4 Å². The van der Waals surface area contributed by atoms with Gasteiger partial charge in [-0.2, -0.15) is 0 Å². The average molecular weight is 389 g/mol. The quantitative estimate of drug-likeness (QED) is 0.840. The van der Waals surface area contributed by atoms with Crippen molar-refractivity contribution in [3.63, 3.8) is 0 Å². The maximum atomic E-state index is 12.4. The Balaban J connectivity index is 2.04. The van der Waals surface area contributed by atoms with Crippen LogP contribution < -0.4 is 5.32 Å². The molecule has 0 atom stereocenters. The van der Waals surface area contributed by atoms with Gasteiger partial charge in [0, 0.05) is 36.2 Å². The molecule has 0 aliphatic heterocycles. The first-order chi connectivity index (χ1) is 11.4. The molecular formula is C19H21BrN2O2. The summed E-state index contributed by atoms with van der Waals surface area (Å²) in [6, 6.07) is 13.1. The summed E-state index contributed by atoms with van der Waals surface area (Å²) in [5, 5.41) is 2.90. The first-order valence-electron chi connectivity index (χ1n) is 7.73. The molecule has 2 rings (SSSR count). The van der Waals surface area contributed by atoms with Gasteiger partial charge in [-0.25, -0.2) is 0 Å². The summed E-state index contributed by atoms with van der Waals surface area (Å²) in [6.07, 6.45) is 1.10. The molecule has 5 heteroatoms. The third kappa shape index (κ3) is 4.93. The number of carbonyl (C=O) groups excluding carboxylic acids is 2. The SMILES string of the molecule is Cc1ccc(C(=O)Nc2cccc(CCC(=O)N(C)C)c2)cc1Br. The topological polar surface area (TPSA) is 49.4 Å². The van der Waals surface area contributed by atoms with Crippen molar-refractivity contribution in [3.8, 4) is 0 Å². The second-order valence-electron chi connectivity index (χ2n) is 5.91.